The number of rotatable bonds is 2. The normalized spacial score (nSPS) is 9.73. The van der Waals surface area contributed by atoms with Gasteiger partial charge in [0.1, 0.15) is 5.75 Å². The lowest BCUT2D eigenvalue weighted by molar-refractivity contribution is 0.338. The molecule has 0 aliphatic heterocycles. The number of hydrogen-bond acceptors (Lipinski definition) is 1. The van der Waals surface area contributed by atoms with E-state index in [1.54, 1.807) is 0 Å². The SMILES string of the molecule is CCOc1cccc([Si])c1C. The van der Waals surface area contributed by atoms with Gasteiger partial charge in [-0.25, -0.2) is 0 Å². The maximum atomic E-state index is 5.39. The molecule has 0 spiro atoms. The Hall–Kier alpha value is -0.763. The first kappa shape index (κ1) is 8.33. The summed E-state index contributed by atoms with van der Waals surface area (Å²) in [5.41, 5.74) is 1.16. The van der Waals surface area contributed by atoms with Crippen LogP contribution in [0.3, 0.4) is 0 Å². The second-order valence-corrected chi connectivity index (χ2v) is 2.90. The Morgan fingerprint density at radius 1 is 1.45 bits per heavy atom. The van der Waals surface area contributed by atoms with Crippen molar-refractivity contribution < 1.29 is 4.74 Å². The fourth-order valence-electron chi connectivity index (χ4n) is 0.926. The Balaban J connectivity index is 2.96. The predicted octanol–water partition coefficient (Wildman–Crippen LogP) is 1.19. The van der Waals surface area contributed by atoms with Crippen LogP contribution in [0.25, 0.3) is 0 Å². The molecule has 0 fully saturated rings. The second kappa shape index (κ2) is 3.58. The molecule has 11 heavy (non-hydrogen) atoms. The van der Waals surface area contributed by atoms with Gasteiger partial charge < -0.3 is 4.74 Å². The molecule has 57 valence electrons. The predicted molar refractivity (Wildman–Crippen MR) is 47.7 cm³/mol. The highest BCUT2D eigenvalue weighted by Gasteiger charge is 1.98. The van der Waals surface area contributed by atoms with Crippen LogP contribution in [0.2, 0.25) is 0 Å². The Labute approximate surface area is 70.8 Å². The van der Waals surface area contributed by atoms with Gasteiger partial charge in [0, 0.05) is 0 Å². The summed E-state index contributed by atoms with van der Waals surface area (Å²) in [6, 6.07) is 5.96. The van der Waals surface area contributed by atoms with E-state index in [9.17, 15) is 0 Å². The fourth-order valence-corrected chi connectivity index (χ4v) is 1.15. The van der Waals surface area contributed by atoms with E-state index in [1.807, 2.05) is 32.0 Å². The molecule has 0 amide bonds. The van der Waals surface area contributed by atoms with Gasteiger partial charge in [-0.15, -0.1) is 0 Å². The van der Waals surface area contributed by atoms with Crippen molar-refractivity contribution in [2.24, 2.45) is 0 Å². The average Bonchev–Trinajstić information content (AvgIpc) is 1.99. The molecule has 0 aliphatic rings. The van der Waals surface area contributed by atoms with Gasteiger partial charge >= 0.3 is 0 Å². The highest BCUT2D eigenvalue weighted by molar-refractivity contribution is 6.33. The first-order valence-electron chi connectivity index (χ1n) is 3.69. The minimum atomic E-state index is 0.719. The Kier molecular flexibility index (Phi) is 2.71. The zero-order chi connectivity index (χ0) is 8.27. The molecule has 0 aromatic heterocycles. The van der Waals surface area contributed by atoms with Crippen LogP contribution in [0.15, 0.2) is 18.2 Å². The zero-order valence-corrected chi connectivity index (χ0v) is 7.85. The summed E-state index contributed by atoms with van der Waals surface area (Å²) in [5.74, 6) is 0.958. The summed E-state index contributed by atoms with van der Waals surface area (Å²) >= 11 is 0. The van der Waals surface area contributed by atoms with E-state index in [0.717, 1.165) is 23.1 Å². The van der Waals surface area contributed by atoms with Gasteiger partial charge in [-0.05, 0) is 25.5 Å². The summed E-state index contributed by atoms with van der Waals surface area (Å²) in [7, 11) is 3.49. The zero-order valence-electron chi connectivity index (χ0n) is 6.85. The lowest BCUT2D eigenvalue weighted by Crippen LogP contribution is -2.08. The van der Waals surface area contributed by atoms with Crippen molar-refractivity contribution in [2.45, 2.75) is 13.8 Å². The molecule has 0 bridgehead atoms. The van der Waals surface area contributed by atoms with Crippen LogP contribution in [0.1, 0.15) is 12.5 Å². The molecule has 3 radical (unpaired) electrons. The van der Waals surface area contributed by atoms with E-state index in [2.05, 4.69) is 10.2 Å². The lowest BCUT2D eigenvalue weighted by atomic mass is 10.2. The lowest BCUT2D eigenvalue weighted by Gasteiger charge is -2.07. The molecular weight excluding hydrogens is 152 g/mol. The van der Waals surface area contributed by atoms with Gasteiger partial charge in [0.15, 0.2) is 0 Å². The van der Waals surface area contributed by atoms with Crippen molar-refractivity contribution in [1.82, 2.24) is 0 Å². The first-order valence-corrected chi connectivity index (χ1v) is 4.19. The van der Waals surface area contributed by atoms with E-state index in [0.29, 0.717) is 0 Å². The third-order valence-electron chi connectivity index (χ3n) is 1.58. The van der Waals surface area contributed by atoms with E-state index in [4.69, 9.17) is 4.74 Å². The molecular formula is C9H11OSi. The highest BCUT2D eigenvalue weighted by Crippen LogP contribution is 2.13. The van der Waals surface area contributed by atoms with Crippen LogP contribution < -0.4 is 9.92 Å². The number of hydrogen-bond donors (Lipinski definition) is 0. The Morgan fingerprint density at radius 2 is 2.18 bits per heavy atom. The van der Waals surface area contributed by atoms with E-state index < -0.39 is 0 Å². The monoisotopic (exact) mass is 163 g/mol. The molecule has 0 aliphatic carbocycles. The largest absolute Gasteiger partial charge is 0.494 e. The molecule has 1 aromatic carbocycles. The fraction of sp³-hybridized carbons (Fsp3) is 0.333. The second-order valence-electron chi connectivity index (χ2n) is 2.36. The summed E-state index contributed by atoms with van der Waals surface area (Å²) in [5, 5.41) is 1.09. The minimum Gasteiger partial charge on any atom is -0.494 e. The summed E-state index contributed by atoms with van der Waals surface area (Å²) < 4.78 is 5.39. The van der Waals surface area contributed by atoms with E-state index >= 15 is 0 Å². The molecule has 1 aromatic rings. The number of ether oxygens (including phenoxy) is 1. The van der Waals surface area contributed by atoms with Crippen molar-refractivity contribution >= 4 is 15.4 Å². The van der Waals surface area contributed by atoms with Crippen molar-refractivity contribution in [2.75, 3.05) is 6.61 Å². The van der Waals surface area contributed by atoms with Gasteiger partial charge in [0.2, 0.25) is 0 Å². The van der Waals surface area contributed by atoms with Crippen molar-refractivity contribution in [3.05, 3.63) is 23.8 Å². The minimum absolute atomic E-state index is 0.719. The van der Waals surface area contributed by atoms with Gasteiger partial charge in [0.25, 0.3) is 0 Å². The number of benzene rings is 1. The summed E-state index contributed by atoms with van der Waals surface area (Å²) in [6.45, 7) is 4.74. The molecule has 0 heterocycles. The molecule has 1 rings (SSSR count). The quantitative estimate of drug-likeness (QED) is 0.595. The van der Waals surface area contributed by atoms with Gasteiger partial charge in [-0.2, -0.15) is 0 Å². The van der Waals surface area contributed by atoms with Crippen LogP contribution in [-0.4, -0.2) is 16.8 Å². The Morgan fingerprint density at radius 3 is 2.82 bits per heavy atom. The molecule has 0 atom stereocenters. The standard InChI is InChI=1S/C9H11OSi/c1-3-10-8-5-4-6-9(11)7(8)2/h4-6H,3H2,1-2H3. The maximum Gasteiger partial charge on any atom is 0.122 e. The van der Waals surface area contributed by atoms with Crippen LogP contribution >= 0.6 is 0 Å². The van der Waals surface area contributed by atoms with Crippen LogP contribution in [0.5, 0.6) is 5.75 Å². The third kappa shape index (κ3) is 1.83. The van der Waals surface area contributed by atoms with E-state index in [-0.39, 0.29) is 0 Å². The molecule has 0 saturated carbocycles. The molecule has 1 nitrogen and oxygen atoms in total. The molecule has 0 unspecified atom stereocenters. The van der Waals surface area contributed by atoms with E-state index in [1.165, 1.54) is 0 Å². The maximum absolute atomic E-state index is 5.39. The first-order chi connectivity index (χ1) is 5.25. The van der Waals surface area contributed by atoms with Gasteiger partial charge in [-0.1, -0.05) is 17.3 Å². The van der Waals surface area contributed by atoms with Gasteiger partial charge in [-0.3, -0.25) is 0 Å². The summed E-state index contributed by atoms with van der Waals surface area (Å²) in [6.07, 6.45) is 0. The van der Waals surface area contributed by atoms with Crippen molar-refractivity contribution in [3.63, 3.8) is 0 Å². The average molecular weight is 163 g/mol. The van der Waals surface area contributed by atoms with Gasteiger partial charge in [0.05, 0.1) is 16.8 Å². The molecule has 0 N–H and O–H groups in total. The smallest absolute Gasteiger partial charge is 0.122 e. The van der Waals surface area contributed by atoms with Crippen LogP contribution in [-0.2, 0) is 0 Å². The molecule has 0 saturated heterocycles. The van der Waals surface area contributed by atoms with Crippen molar-refractivity contribution in [1.29, 1.82) is 0 Å². The Bertz CT molecular complexity index is 245. The topological polar surface area (TPSA) is 9.23 Å². The van der Waals surface area contributed by atoms with Crippen molar-refractivity contribution in [3.8, 4) is 5.75 Å². The molecule has 2 heteroatoms. The van der Waals surface area contributed by atoms with Crippen LogP contribution in [0, 0.1) is 6.92 Å². The third-order valence-corrected chi connectivity index (χ3v) is 2.13. The summed E-state index contributed by atoms with van der Waals surface area (Å²) in [4.78, 5) is 0. The van der Waals surface area contributed by atoms with Crippen LogP contribution in [0.4, 0.5) is 0 Å². The highest BCUT2D eigenvalue weighted by atomic mass is 28.1.